The summed E-state index contributed by atoms with van der Waals surface area (Å²) in [6, 6.07) is 3.60. The number of aromatic nitrogens is 3. The molecule has 2 heterocycles. The van der Waals surface area contributed by atoms with Crippen molar-refractivity contribution in [3.63, 3.8) is 0 Å². The van der Waals surface area contributed by atoms with Gasteiger partial charge >= 0.3 is 0 Å². The van der Waals surface area contributed by atoms with Gasteiger partial charge in [-0.25, -0.2) is 0 Å². The van der Waals surface area contributed by atoms with Crippen LogP contribution in [-0.2, 0) is 11.3 Å². The molecule has 2 aromatic rings. The first-order valence-corrected chi connectivity index (χ1v) is 7.98. The molecular formula is C16H19N5O2. The van der Waals surface area contributed by atoms with Crippen molar-refractivity contribution in [3.05, 3.63) is 30.4 Å². The molecule has 4 rings (SSSR count). The summed E-state index contributed by atoms with van der Waals surface area (Å²) in [6.45, 7) is 0.234. The summed E-state index contributed by atoms with van der Waals surface area (Å²) >= 11 is 0. The predicted octanol–water partition coefficient (Wildman–Crippen LogP) is 1.12. The minimum absolute atomic E-state index is 0.00774. The number of nitrogens with two attached hydrogens (primary N) is 1. The minimum atomic E-state index is -0.0728. The molecule has 0 radical (unpaired) electrons. The van der Waals surface area contributed by atoms with Gasteiger partial charge < -0.3 is 15.6 Å². The lowest BCUT2D eigenvalue weighted by Gasteiger charge is -2.26. The Bertz CT molecular complexity index is 700. The van der Waals surface area contributed by atoms with E-state index in [0.29, 0.717) is 23.6 Å². The van der Waals surface area contributed by atoms with Gasteiger partial charge in [-0.15, -0.1) is 0 Å². The van der Waals surface area contributed by atoms with Crippen molar-refractivity contribution < 1.29 is 9.32 Å². The van der Waals surface area contributed by atoms with Crippen LogP contribution in [0.2, 0.25) is 0 Å². The van der Waals surface area contributed by atoms with Crippen molar-refractivity contribution in [1.82, 2.24) is 20.4 Å². The summed E-state index contributed by atoms with van der Waals surface area (Å²) in [5.41, 5.74) is 7.03. The van der Waals surface area contributed by atoms with Crippen LogP contribution in [0.25, 0.3) is 11.4 Å². The third-order valence-electron chi connectivity index (χ3n) is 5.10. The molecule has 2 aliphatic carbocycles. The van der Waals surface area contributed by atoms with Crippen LogP contribution < -0.4 is 11.1 Å². The predicted molar refractivity (Wildman–Crippen MR) is 81.7 cm³/mol. The fourth-order valence-corrected chi connectivity index (χ4v) is 3.95. The Labute approximate surface area is 133 Å². The second-order valence-electron chi connectivity index (χ2n) is 6.40. The number of fused-ring (bicyclic) bond motifs is 2. The van der Waals surface area contributed by atoms with E-state index in [4.69, 9.17) is 10.3 Å². The summed E-state index contributed by atoms with van der Waals surface area (Å²) in [7, 11) is 0. The van der Waals surface area contributed by atoms with Gasteiger partial charge in [0.15, 0.2) is 0 Å². The zero-order chi connectivity index (χ0) is 15.8. The molecule has 0 aliphatic heterocycles. The summed E-state index contributed by atoms with van der Waals surface area (Å²) in [4.78, 5) is 20.7. The van der Waals surface area contributed by atoms with Gasteiger partial charge in [0, 0.05) is 24.0 Å². The van der Waals surface area contributed by atoms with E-state index in [1.54, 1.807) is 12.4 Å². The Morgan fingerprint density at radius 1 is 1.30 bits per heavy atom. The summed E-state index contributed by atoms with van der Waals surface area (Å²) < 4.78 is 5.19. The fraction of sp³-hybridized carbons (Fsp3) is 0.500. The van der Waals surface area contributed by atoms with Crippen molar-refractivity contribution in [2.45, 2.75) is 31.8 Å². The average molecular weight is 313 g/mol. The zero-order valence-corrected chi connectivity index (χ0v) is 12.7. The lowest BCUT2D eigenvalue weighted by atomic mass is 9.84. The minimum Gasteiger partial charge on any atom is -0.347 e. The van der Waals surface area contributed by atoms with E-state index in [-0.39, 0.29) is 24.4 Å². The van der Waals surface area contributed by atoms with Gasteiger partial charge in [0.05, 0.1) is 12.5 Å². The van der Waals surface area contributed by atoms with Gasteiger partial charge in [-0.05, 0) is 43.2 Å². The Morgan fingerprint density at radius 2 is 2.09 bits per heavy atom. The molecule has 2 aliphatic rings. The normalized spacial score (nSPS) is 28.9. The highest BCUT2D eigenvalue weighted by molar-refractivity contribution is 5.80. The maximum Gasteiger partial charge on any atom is 0.246 e. The highest BCUT2D eigenvalue weighted by Gasteiger charge is 2.48. The molecule has 2 saturated carbocycles. The molecule has 2 bridgehead atoms. The maximum absolute atomic E-state index is 12.4. The molecule has 2 fully saturated rings. The number of nitrogens with one attached hydrogen (secondary N) is 1. The monoisotopic (exact) mass is 313 g/mol. The van der Waals surface area contributed by atoms with Crippen LogP contribution in [0, 0.1) is 17.8 Å². The van der Waals surface area contributed by atoms with Crippen molar-refractivity contribution in [2.24, 2.45) is 23.5 Å². The second kappa shape index (κ2) is 5.73. The van der Waals surface area contributed by atoms with Crippen LogP contribution in [0.1, 0.15) is 25.2 Å². The average Bonchev–Trinajstić information content (AvgIpc) is 3.29. The standard InChI is InChI=1S/C16H19N5O2/c17-14-11-2-1-10(7-11)13(14)16(22)19-8-12-20-15(21-23-12)9-3-5-18-6-4-9/h3-6,10-11,13-14H,1-2,7-8,17H2,(H,19,22). The van der Waals surface area contributed by atoms with Crippen LogP contribution in [0.15, 0.2) is 29.0 Å². The topological polar surface area (TPSA) is 107 Å². The molecule has 0 aromatic carbocycles. The Kier molecular flexibility index (Phi) is 3.57. The molecule has 1 amide bonds. The lowest BCUT2D eigenvalue weighted by molar-refractivity contribution is -0.127. The smallest absolute Gasteiger partial charge is 0.246 e. The largest absolute Gasteiger partial charge is 0.347 e. The molecular weight excluding hydrogens is 294 g/mol. The van der Waals surface area contributed by atoms with Crippen LogP contribution in [-0.4, -0.2) is 27.1 Å². The molecule has 7 nitrogen and oxygen atoms in total. The van der Waals surface area contributed by atoms with E-state index >= 15 is 0 Å². The molecule has 0 saturated heterocycles. The number of rotatable bonds is 4. The van der Waals surface area contributed by atoms with Gasteiger partial charge in [0.2, 0.25) is 17.6 Å². The van der Waals surface area contributed by atoms with E-state index in [2.05, 4.69) is 20.4 Å². The summed E-state index contributed by atoms with van der Waals surface area (Å²) in [5.74, 6) is 1.77. The molecule has 2 aromatic heterocycles. The Balaban J connectivity index is 1.38. The van der Waals surface area contributed by atoms with Gasteiger partial charge in [-0.3, -0.25) is 9.78 Å². The first-order chi connectivity index (χ1) is 11.2. The quantitative estimate of drug-likeness (QED) is 0.876. The van der Waals surface area contributed by atoms with E-state index in [1.807, 2.05) is 12.1 Å². The van der Waals surface area contributed by atoms with E-state index in [9.17, 15) is 4.79 Å². The summed E-state index contributed by atoms with van der Waals surface area (Å²) in [6.07, 6.45) is 6.71. The Hall–Kier alpha value is -2.28. The van der Waals surface area contributed by atoms with Crippen molar-refractivity contribution in [2.75, 3.05) is 0 Å². The van der Waals surface area contributed by atoms with Crippen molar-refractivity contribution >= 4 is 5.91 Å². The fourth-order valence-electron chi connectivity index (χ4n) is 3.95. The van der Waals surface area contributed by atoms with Gasteiger partial charge in [0.25, 0.3) is 0 Å². The Morgan fingerprint density at radius 3 is 2.83 bits per heavy atom. The second-order valence-corrected chi connectivity index (χ2v) is 6.40. The molecule has 120 valence electrons. The zero-order valence-electron chi connectivity index (χ0n) is 12.7. The summed E-state index contributed by atoms with van der Waals surface area (Å²) in [5, 5.41) is 6.82. The first-order valence-electron chi connectivity index (χ1n) is 7.98. The third-order valence-corrected chi connectivity index (χ3v) is 5.10. The SMILES string of the molecule is NC1C2CCC(C2)C1C(=O)NCc1nc(-c2ccncc2)no1. The van der Waals surface area contributed by atoms with Crippen LogP contribution in [0.4, 0.5) is 0 Å². The number of nitrogens with zero attached hydrogens (tertiary/aromatic N) is 3. The van der Waals surface area contributed by atoms with E-state index < -0.39 is 0 Å². The van der Waals surface area contributed by atoms with E-state index in [1.165, 1.54) is 0 Å². The number of hydrogen-bond acceptors (Lipinski definition) is 6. The molecule has 4 atom stereocenters. The molecule has 0 spiro atoms. The lowest BCUT2D eigenvalue weighted by Crippen LogP contribution is -2.45. The van der Waals surface area contributed by atoms with Crippen molar-refractivity contribution in [3.8, 4) is 11.4 Å². The number of amides is 1. The number of pyridine rings is 1. The van der Waals surface area contributed by atoms with E-state index in [0.717, 1.165) is 24.8 Å². The molecule has 3 N–H and O–H groups in total. The number of hydrogen-bond donors (Lipinski definition) is 2. The number of carbonyl (C=O) groups is 1. The third kappa shape index (κ3) is 2.61. The van der Waals surface area contributed by atoms with Gasteiger partial charge in [0.1, 0.15) is 0 Å². The van der Waals surface area contributed by atoms with Crippen molar-refractivity contribution in [1.29, 1.82) is 0 Å². The molecule has 4 unspecified atom stereocenters. The molecule has 7 heteroatoms. The van der Waals surface area contributed by atoms with Crippen LogP contribution >= 0.6 is 0 Å². The van der Waals surface area contributed by atoms with Crippen LogP contribution in [0.5, 0.6) is 0 Å². The van der Waals surface area contributed by atoms with Crippen LogP contribution in [0.3, 0.4) is 0 Å². The maximum atomic E-state index is 12.4. The molecule has 23 heavy (non-hydrogen) atoms. The van der Waals surface area contributed by atoms with Gasteiger partial charge in [-0.2, -0.15) is 4.98 Å². The van der Waals surface area contributed by atoms with Gasteiger partial charge in [-0.1, -0.05) is 5.16 Å². The highest BCUT2D eigenvalue weighted by Crippen LogP contribution is 2.47. The first kappa shape index (κ1) is 14.3. The highest BCUT2D eigenvalue weighted by atomic mass is 16.5. The number of carbonyl (C=O) groups excluding carboxylic acids is 1.